The molecule has 0 saturated heterocycles. The highest BCUT2D eigenvalue weighted by Gasteiger charge is 2.58. The second kappa shape index (κ2) is 15.7. The molecular formula is C37H65NO4. The Balaban J connectivity index is 0.000000616. The third kappa shape index (κ3) is 8.93. The van der Waals surface area contributed by atoms with Crippen molar-refractivity contribution in [2.24, 2.45) is 46.3 Å². The Kier molecular flexibility index (Phi) is 13.2. The molecule has 242 valence electrons. The van der Waals surface area contributed by atoms with Gasteiger partial charge in [0.25, 0.3) is 0 Å². The van der Waals surface area contributed by atoms with Crippen molar-refractivity contribution in [1.82, 2.24) is 5.32 Å². The Morgan fingerprint density at radius 1 is 1.00 bits per heavy atom. The standard InChI is InChI=1S/C31H53NO3.C6H12O/c1-21(2)8-6-7-9-23-11-13-27-26-12-10-24-18-25(35-20-29(34)32-22(3)19-33)14-16-31(24,5)28(26)15-17-30(23,27)4;1-5(2)4-6(3)7/h10,21-23,25-28,33H,6-9,11-20H2,1-5H3,(H,32,34);5H,4H2,1-3H3. The lowest BCUT2D eigenvalue weighted by Gasteiger charge is -2.58. The Hall–Kier alpha value is -1.20. The molecule has 3 fully saturated rings. The Labute approximate surface area is 258 Å². The summed E-state index contributed by atoms with van der Waals surface area (Å²) in [5.41, 5.74) is 2.51. The maximum Gasteiger partial charge on any atom is 0.246 e. The monoisotopic (exact) mass is 587 g/mol. The first-order valence-electron chi connectivity index (χ1n) is 17.5. The van der Waals surface area contributed by atoms with Crippen molar-refractivity contribution in [1.29, 1.82) is 0 Å². The number of aliphatic hydroxyl groups is 1. The highest BCUT2D eigenvalue weighted by Crippen LogP contribution is 2.66. The number of amides is 1. The number of hydrogen-bond acceptors (Lipinski definition) is 4. The molecule has 1 amide bonds. The topological polar surface area (TPSA) is 75.6 Å². The molecule has 4 aliphatic carbocycles. The van der Waals surface area contributed by atoms with E-state index in [1.54, 1.807) is 12.5 Å². The summed E-state index contributed by atoms with van der Waals surface area (Å²) in [6.45, 7) is 17.5. The Bertz CT molecular complexity index is 911. The van der Waals surface area contributed by atoms with Crippen molar-refractivity contribution in [2.75, 3.05) is 13.2 Å². The normalized spacial score (nSPS) is 34.5. The molecule has 0 bridgehead atoms. The zero-order valence-corrected chi connectivity index (χ0v) is 28.5. The zero-order valence-electron chi connectivity index (χ0n) is 28.5. The number of carbonyl (C=O) groups is 2. The van der Waals surface area contributed by atoms with Gasteiger partial charge in [0.2, 0.25) is 5.91 Å². The Morgan fingerprint density at radius 2 is 1.74 bits per heavy atom. The van der Waals surface area contributed by atoms with E-state index in [0.29, 0.717) is 16.7 Å². The average molecular weight is 588 g/mol. The van der Waals surface area contributed by atoms with E-state index in [1.165, 1.54) is 64.2 Å². The summed E-state index contributed by atoms with van der Waals surface area (Å²) in [5.74, 6) is 5.09. The first kappa shape index (κ1) is 35.3. The summed E-state index contributed by atoms with van der Waals surface area (Å²) >= 11 is 0. The van der Waals surface area contributed by atoms with Crippen molar-refractivity contribution >= 4 is 11.7 Å². The fourth-order valence-corrected chi connectivity index (χ4v) is 9.43. The lowest BCUT2D eigenvalue weighted by atomic mass is 9.47. The minimum absolute atomic E-state index is 0.0398. The largest absolute Gasteiger partial charge is 0.394 e. The number of fused-ring (bicyclic) bond motifs is 5. The van der Waals surface area contributed by atoms with E-state index < -0.39 is 0 Å². The van der Waals surface area contributed by atoms with Crippen molar-refractivity contribution in [2.45, 2.75) is 151 Å². The highest BCUT2D eigenvalue weighted by atomic mass is 16.5. The lowest BCUT2D eigenvalue weighted by molar-refractivity contribution is -0.129. The highest BCUT2D eigenvalue weighted by molar-refractivity contribution is 5.77. The lowest BCUT2D eigenvalue weighted by Crippen LogP contribution is -2.50. The van der Waals surface area contributed by atoms with Crippen LogP contribution < -0.4 is 5.32 Å². The molecule has 8 unspecified atom stereocenters. The van der Waals surface area contributed by atoms with Gasteiger partial charge >= 0.3 is 0 Å². The summed E-state index contributed by atoms with van der Waals surface area (Å²) in [6.07, 6.45) is 19.4. The van der Waals surface area contributed by atoms with Gasteiger partial charge in [-0.1, -0.05) is 72.5 Å². The third-order valence-corrected chi connectivity index (χ3v) is 11.7. The minimum atomic E-state index is -0.217. The third-order valence-electron chi connectivity index (χ3n) is 11.7. The van der Waals surface area contributed by atoms with Crippen LogP contribution in [0.2, 0.25) is 0 Å². The van der Waals surface area contributed by atoms with Gasteiger partial charge in [0.1, 0.15) is 12.4 Å². The average Bonchev–Trinajstić information content (AvgIpc) is 3.25. The fraction of sp³-hybridized carbons (Fsp3) is 0.892. The maximum atomic E-state index is 12.1. The number of nitrogens with one attached hydrogen (secondary N) is 1. The van der Waals surface area contributed by atoms with Gasteiger partial charge < -0.3 is 20.0 Å². The SMILES string of the molecule is CC(=O)CC(C)C.CC(C)CCCCC1CCC2C3CC=C4CC(OCC(=O)NC(C)CO)CCC4(C)C3CCC12C. The molecule has 8 atom stereocenters. The maximum absolute atomic E-state index is 12.1. The van der Waals surface area contributed by atoms with Gasteiger partial charge in [-0.05, 0) is 118 Å². The molecule has 0 aliphatic heterocycles. The number of hydrogen-bond donors (Lipinski definition) is 2. The van der Waals surface area contributed by atoms with Crippen molar-refractivity contribution < 1.29 is 19.4 Å². The number of ketones is 1. The van der Waals surface area contributed by atoms with Gasteiger partial charge in [-0.2, -0.15) is 0 Å². The van der Waals surface area contributed by atoms with Crippen molar-refractivity contribution in [3.05, 3.63) is 11.6 Å². The predicted molar refractivity (Wildman–Crippen MR) is 173 cm³/mol. The second-order valence-electron chi connectivity index (χ2n) is 15.9. The van der Waals surface area contributed by atoms with Crippen LogP contribution in [0.3, 0.4) is 0 Å². The Morgan fingerprint density at radius 3 is 2.36 bits per heavy atom. The summed E-state index contributed by atoms with van der Waals surface area (Å²) < 4.78 is 6.05. The van der Waals surface area contributed by atoms with E-state index in [4.69, 9.17) is 9.84 Å². The van der Waals surface area contributed by atoms with Crippen LogP contribution in [0.4, 0.5) is 0 Å². The molecule has 0 heterocycles. The van der Waals surface area contributed by atoms with Crippen LogP contribution in [0.5, 0.6) is 0 Å². The minimum Gasteiger partial charge on any atom is -0.394 e. The van der Waals surface area contributed by atoms with E-state index >= 15 is 0 Å². The molecule has 0 spiro atoms. The number of allylic oxidation sites excluding steroid dienone is 1. The zero-order chi connectivity index (χ0) is 31.1. The van der Waals surface area contributed by atoms with E-state index in [-0.39, 0.29) is 37.0 Å². The first-order chi connectivity index (χ1) is 19.8. The summed E-state index contributed by atoms with van der Waals surface area (Å²) in [6, 6.07) is -0.217. The molecule has 3 saturated carbocycles. The molecule has 5 nitrogen and oxygen atoms in total. The van der Waals surface area contributed by atoms with E-state index in [2.05, 4.69) is 39.1 Å². The number of aliphatic hydroxyl groups excluding tert-OH is 1. The molecule has 0 radical (unpaired) electrons. The quantitative estimate of drug-likeness (QED) is 0.178. The molecule has 0 aromatic heterocycles. The molecule has 0 aromatic rings. The molecule has 42 heavy (non-hydrogen) atoms. The van der Waals surface area contributed by atoms with Crippen molar-refractivity contribution in [3.63, 3.8) is 0 Å². The van der Waals surface area contributed by atoms with Gasteiger partial charge in [-0.25, -0.2) is 0 Å². The molecule has 2 N–H and O–H groups in total. The fourth-order valence-electron chi connectivity index (χ4n) is 9.43. The smallest absolute Gasteiger partial charge is 0.246 e. The number of carbonyl (C=O) groups excluding carboxylic acids is 2. The van der Waals surface area contributed by atoms with Crippen LogP contribution in [0, 0.1) is 46.3 Å². The molecule has 4 rings (SSSR count). The molecule has 4 aliphatic rings. The summed E-state index contributed by atoms with van der Waals surface area (Å²) in [7, 11) is 0. The first-order valence-corrected chi connectivity index (χ1v) is 17.5. The van der Waals surface area contributed by atoms with Gasteiger partial charge in [0.15, 0.2) is 0 Å². The van der Waals surface area contributed by atoms with Crippen LogP contribution in [-0.4, -0.2) is 42.2 Å². The van der Waals surface area contributed by atoms with Gasteiger partial charge in [0, 0.05) is 12.5 Å². The number of unbranched alkanes of at least 4 members (excludes halogenated alkanes) is 1. The van der Waals surface area contributed by atoms with Crippen LogP contribution in [-0.2, 0) is 14.3 Å². The molecule has 0 aromatic carbocycles. The van der Waals surface area contributed by atoms with Crippen LogP contribution in [0.15, 0.2) is 11.6 Å². The number of ether oxygens (including phenoxy) is 1. The van der Waals surface area contributed by atoms with Crippen molar-refractivity contribution in [3.8, 4) is 0 Å². The van der Waals surface area contributed by atoms with Crippen LogP contribution in [0.1, 0.15) is 139 Å². The van der Waals surface area contributed by atoms with Gasteiger partial charge in [-0.15, -0.1) is 0 Å². The van der Waals surface area contributed by atoms with E-state index in [0.717, 1.165) is 48.9 Å². The van der Waals surface area contributed by atoms with Crippen LogP contribution >= 0.6 is 0 Å². The van der Waals surface area contributed by atoms with Gasteiger partial charge in [0.05, 0.1) is 12.7 Å². The predicted octanol–water partition coefficient (Wildman–Crippen LogP) is 8.29. The molecule has 5 heteroatoms. The van der Waals surface area contributed by atoms with Crippen LogP contribution in [0.25, 0.3) is 0 Å². The summed E-state index contributed by atoms with van der Waals surface area (Å²) in [4.78, 5) is 22.4. The van der Waals surface area contributed by atoms with Gasteiger partial charge in [-0.3, -0.25) is 4.79 Å². The molecular weight excluding hydrogens is 522 g/mol. The van der Waals surface area contributed by atoms with E-state index in [1.807, 2.05) is 20.8 Å². The number of Topliss-reactive ketones (excluding diaryl/α,β-unsaturated/α-hetero) is 1. The summed E-state index contributed by atoms with van der Waals surface area (Å²) in [5, 5.41) is 11.9. The number of rotatable bonds is 12. The second-order valence-corrected chi connectivity index (χ2v) is 15.9. The van der Waals surface area contributed by atoms with E-state index in [9.17, 15) is 9.59 Å².